The summed E-state index contributed by atoms with van der Waals surface area (Å²) in [6.07, 6.45) is 2.95. The molecule has 2 aromatic rings. The monoisotopic (exact) mass is 284 g/mol. The highest BCUT2D eigenvalue weighted by Gasteiger charge is 2.13. The maximum atomic E-state index is 12.0. The molecule has 20 heavy (non-hydrogen) atoms. The van der Waals surface area contributed by atoms with E-state index in [1.165, 1.54) is 5.56 Å². The number of hydrogen-bond donors (Lipinski definition) is 2. The van der Waals surface area contributed by atoms with Crippen LogP contribution in [-0.2, 0) is 6.42 Å². The average molecular weight is 285 g/mol. The predicted molar refractivity (Wildman–Crippen MR) is 80.2 cm³/mol. The van der Waals surface area contributed by atoms with E-state index in [0.717, 1.165) is 17.7 Å². The van der Waals surface area contributed by atoms with E-state index in [2.05, 4.69) is 23.0 Å². The predicted octanol–water partition coefficient (Wildman–Crippen LogP) is 3.17. The summed E-state index contributed by atoms with van der Waals surface area (Å²) >= 11 is 5.80. The lowest BCUT2D eigenvalue weighted by molar-refractivity contribution is 0.0942. The number of hydrazine groups is 1. The molecule has 1 aliphatic rings. The standard InChI is InChI=1S/C16H13ClN2O/c17-13-8-5-12(6-9-13)16(20)19-18-15-10-7-11-3-1-2-4-14(11)15/h1-6,8-10,18H,7H2,(H,19,20). The Balaban J connectivity index is 1.66. The first-order chi connectivity index (χ1) is 9.74. The molecule has 0 unspecified atom stereocenters. The molecule has 1 amide bonds. The van der Waals surface area contributed by atoms with E-state index in [1.807, 2.05) is 18.2 Å². The molecule has 3 rings (SSSR count). The molecule has 0 bridgehead atoms. The van der Waals surface area contributed by atoms with Crippen LogP contribution in [0.1, 0.15) is 21.5 Å². The van der Waals surface area contributed by atoms with Gasteiger partial charge < -0.3 is 0 Å². The molecular formula is C16H13ClN2O. The summed E-state index contributed by atoms with van der Waals surface area (Å²) in [4.78, 5) is 12.0. The maximum Gasteiger partial charge on any atom is 0.269 e. The largest absolute Gasteiger partial charge is 0.298 e. The molecule has 1 aliphatic carbocycles. The topological polar surface area (TPSA) is 41.1 Å². The van der Waals surface area contributed by atoms with Crippen molar-refractivity contribution in [1.29, 1.82) is 0 Å². The zero-order chi connectivity index (χ0) is 13.9. The molecule has 0 heterocycles. The Morgan fingerprint density at radius 2 is 1.80 bits per heavy atom. The number of nitrogens with one attached hydrogen (secondary N) is 2. The van der Waals surface area contributed by atoms with Crippen molar-refractivity contribution in [3.63, 3.8) is 0 Å². The number of carbonyl (C=O) groups is 1. The van der Waals surface area contributed by atoms with Gasteiger partial charge in [0.15, 0.2) is 0 Å². The number of halogens is 1. The number of fused-ring (bicyclic) bond motifs is 1. The van der Waals surface area contributed by atoms with E-state index < -0.39 is 0 Å². The van der Waals surface area contributed by atoms with Gasteiger partial charge in [-0.25, -0.2) is 0 Å². The van der Waals surface area contributed by atoms with Crippen LogP contribution < -0.4 is 10.9 Å². The fourth-order valence-corrected chi connectivity index (χ4v) is 2.32. The van der Waals surface area contributed by atoms with Crippen LogP contribution in [0.25, 0.3) is 5.70 Å². The molecule has 4 heteroatoms. The molecule has 3 nitrogen and oxygen atoms in total. The molecule has 0 fully saturated rings. The number of allylic oxidation sites excluding steroid dienone is 1. The summed E-state index contributed by atoms with van der Waals surface area (Å²) in [5.41, 5.74) is 9.57. The highest BCUT2D eigenvalue weighted by Crippen LogP contribution is 2.24. The van der Waals surface area contributed by atoms with Gasteiger partial charge in [-0.1, -0.05) is 41.9 Å². The molecule has 0 atom stereocenters. The van der Waals surface area contributed by atoms with Crippen molar-refractivity contribution in [3.05, 3.63) is 76.3 Å². The summed E-state index contributed by atoms with van der Waals surface area (Å²) in [7, 11) is 0. The number of carbonyl (C=O) groups excluding carboxylic acids is 1. The minimum atomic E-state index is -0.188. The van der Waals surface area contributed by atoms with E-state index in [-0.39, 0.29) is 5.91 Å². The molecule has 2 N–H and O–H groups in total. The quantitative estimate of drug-likeness (QED) is 0.850. The van der Waals surface area contributed by atoms with Gasteiger partial charge in [0.05, 0.1) is 5.70 Å². The second-order valence-corrected chi connectivity index (χ2v) is 5.00. The molecule has 0 aromatic heterocycles. The molecule has 100 valence electrons. The summed E-state index contributed by atoms with van der Waals surface area (Å²) < 4.78 is 0. The molecule has 0 saturated heterocycles. The second kappa shape index (κ2) is 5.39. The smallest absolute Gasteiger partial charge is 0.269 e. The molecule has 0 radical (unpaired) electrons. The number of amides is 1. The highest BCUT2D eigenvalue weighted by molar-refractivity contribution is 6.30. The fraction of sp³-hybridized carbons (Fsp3) is 0.0625. The van der Waals surface area contributed by atoms with Gasteiger partial charge in [0.1, 0.15) is 0 Å². The Morgan fingerprint density at radius 1 is 1.05 bits per heavy atom. The van der Waals surface area contributed by atoms with Crippen molar-refractivity contribution in [2.45, 2.75) is 6.42 Å². The highest BCUT2D eigenvalue weighted by atomic mass is 35.5. The average Bonchev–Trinajstić information content (AvgIpc) is 2.89. The maximum absolute atomic E-state index is 12.0. The number of benzene rings is 2. The van der Waals surface area contributed by atoms with Gasteiger partial charge in [0.2, 0.25) is 0 Å². The van der Waals surface area contributed by atoms with Crippen LogP contribution in [0, 0.1) is 0 Å². The lowest BCUT2D eigenvalue weighted by Gasteiger charge is -2.11. The summed E-state index contributed by atoms with van der Waals surface area (Å²) in [5.74, 6) is -0.188. The van der Waals surface area contributed by atoms with Crippen molar-refractivity contribution in [1.82, 2.24) is 10.9 Å². The first-order valence-electron chi connectivity index (χ1n) is 6.34. The van der Waals surface area contributed by atoms with Crippen molar-refractivity contribution in [3.8, 4) is 0 Å². The first kappa shape index (κ1) is 12.8. The minimum absolute atomic E-state index is 0.188. The van der Waals surface area contributed by atoms with Crippen LogP contribution in [0.4, 0.5) is 0 Å². The van der Waals surface area contributed by atoms with Crippen LogP contribution >= 0.6 is 11.6 Å². The second-order valence-electron chi connectivity index (χ2n) is 4.57. The van der Waals surface area contributed by atoms with E-state index in [1.54, 1.807) is 24.3 Å². The SMILES string of the molecule is O=C(NNC1=CCc2ccccc21)c1ccc(Cl)cc1. The summed E-state index contributed by atoms with van der Waals surface area (Å²) in [6.45, 7) is 0. The van der Waals surface area contributed by atoms with Crippen molar-refractivity contribution in [2.24, 2.45) is 0 Å². The van der Waals surface area contributed by atoms with E-state index in [9.17, 15) is 4.79 Å². The molecular weight excluding hydrogens is 272 g/mol. The summed E-state index contributed by atoms with van der Waals surface area (Å²) in [6, 6.07) is 14.9. The van der Waals surface area contributed by atoms with Crippen LogP contribution in [0.5, 0.6) is 0 Å². The van der Waals surface area contributed by atoms with Gasteiger partial charge in [0, 0.05) is 16.1 Å². The molecule has 0 saturated carbocycles. The molecule has 2 aromatic carbocycles. The van der Waals surface area contributed by atoms with Gasteiger partial charge >= 0.3 is 0 Å². The van der Waals surface area contributed by atoms with E-state index >= 15 is 0 Å². The Kier molecular flexibility index (Phi) is 3.44. The van der Waals surface area contributed by atoms with Crippen LogP contribution in [0.15, 0.2) is 54.6 Å². The number of hydrogen-bond acceptors (Lipinski definition) is 2. The lowest BCUT2D eigenvalue weighted by Crippen LogP contribution is -2.35. The third-order valence-electron chi connectivity index (χ3n) is 3.25. The Hall–Kier alpha value is -2.26. The zero-order valence-corrected chi connectivity index (χ0v) is 11.4. The van der Waals surface area contributed by atoms with Gasteiger partial charge in [-0.2, -0.15) is 0 Å². The lowest BCUT2D eigenvalue weighted by atomic mass is 10.1. The zero-order valence-electron chi connectivity index (χ0n) is 10.7. The van der Waals surface area contributed by atoms with E-state index in [4.69, 9.17) is 11.6 Å². The fourth-order valence-electron chi connectivity index (χ4n) is 2.20. The van der Waals surface area contributed by atoms with Crippen molar-refractivity contribution < 1.29 is 4.79 Å². The van der Waals surface area contributed by atoms with Gasteiger partial charge in [0.25, 0.3) is 5.91 Å². The number of rotatable bonds is 3. The Bertz CT molecular complexity index is 677. The third kappa shape index (κ3) is 2.53. The van der Waals surface area contributed by atoms with Crippen LogP contribution in [0.2, 0.25) is 5.02 Å². The van der Waals surface area contributed by atoms with Gasteiger partial charge in [-0.05, 0) is 36.2 Å². The molecule has 0 spiro atoms. The first-order valence-corrected chi connectivity index (χ1v) is 6.72. The van der Waals surface area contributed by atoms with Crippen LogP contribution in [-0.4, -0.2) is 5.91 Å². The minimum Gasteiger partial charge on any atom is -0.298 e. The third-order valence-corrected chi connectivity index (χ3v) is 3.50. The van der Waals surface area contributed by atoms with Gasteiger partial charge in [-0.15, -0.1) is 0 Å². The van der Waals surface area contributed by atoms with Crippen LogP contribution in [0.3, 0.4) is 0 Å². The van der Waals surface area contributed by atoms with Gasteiger partial charge in [-0.3, -0.25) is 15.6 Å². The van der Waals surface area contributed by atoms with Crippen molar-refractivity contribution in [2.75, 3.05) is 0 Å². The molecule has 0 aliphatic heterocycles. The van der Waals surface area contributed by atoms with E-state index in [0.29, 0.717) is 10.6 Å². The Morgan fingerprint density at radius 3 is 2.60 bits per heavy atom. The Labute approximate surface area is 122 Å². The normalized spacial score (nSPS) is 12.6. The van der Waals surface area contributed by atoms with Crippen molar-refractivity contribution >= 4 is 23.2 Å². The summed E-state index contributed by atoms with van der Waals surface area (Å²) in [5, 5.41) is 0.613.